The van der Waals surface area contributed by atoms with E-state index in [0.29, 0.717) is 0 Å². The molecule has 1 atom stereocenters. The number of rotatable bonds is 4. The molecule has 0 aliphatic carbocycles. The molecule has 0 aromatic carbocycles. The summed E-state index contributed by atoms with van der Waals surface area (Å²) in [6.07, 6.45) is 5.54. The highest BCUT2D eigenvalue weighted by molar-refractivity contribution is 5.34. The lowest BCUT2D eigenvalue weighted by atomic mass is 10.0. The minimum atomic E-state index is 0.0184. The Morgan fingerprint density at radius 1 is 1.53 bits per heavy atom. The van der Waals surface area contributed by atoms with Crippen LogP contribution in [0.3, 0.4) is 0 Å². The first-order chi connectivity index (χ1) is 8.24. The second-order valence-electron chi connectivity index (χ2n) is 4.83. The monoisotopic (exact) mass is 235 g/mol. The number of hydrogen-bond donors (Lipinski definition) is 1. The van der Waals surface area contributed by atoms with Gasteiger partial charge in [-0.2, -0.15) is 0 Å². The van der Waals surface area contributed by atoms with Crippen LogP contribution in [0.15, 0.2) is 6.20 Å². The molecule has 4 heteroatoms. The number of nitrogens with zero attached hydrogens (tertiary/aromatic N) is 3. The van der Waals surface area contributed by atoms with Crippen molar-refractivity contribution in [1.29, 1.82) is 0 Å². The smallest absolute Gasteiger partial charge is 0.225 e. The van der Waals surface area contributed by atoms with Gasteiger partial charge in [0.1, 0.15) is 0 Å². The summed E-state index contributed by atoms with van der Waals surface area (Å²) in [6, 6.07) is 0. The quantitative estimate of drug-likeness (QED) is 0.866. The van der Waals surface area contributed by atoms with Crippen molar-refractivity contribution in [2.24, 2.45) is 5.92 Å². The number of aryl methyl sites for hydroxylation is 1. The van der Waals surface area contributed by atoms with E-state index in [1.165, 1.54) is 19.3 Å². The van der Waals surface area contributed by atoms with Gasteiger partial charge in [0.25, 0.3) is 0 Å². The molecule has 0 amide bonds. The van der Waals surface area contributed by atoms with Crippen molar-refractivity contribution in [3.8, 4) is 0 Å². The Balaban J connectivity index is 2.06. The van der Waals surface area contributed by atoms with Gasteiger partial charge in [0.15, 0.2) is 0 Å². The third-order valence-electron chi connectivity index (χ3n) is 3.50. The second kappa shape index (κ2) is 5.45. The van der Waals surface area contributed by atoms with Crippen LogP contribution in [0, 0.1) is 12.8 Å². The van der Waals surface area contributed by atoms with E-state index in [4.69, 9.17) is 5.11 Å². The summed E-state index contributed by atoms with van der Waals surface area (Å²) in [5.41, 5.74) is 1.70. The standard InChI is InChI=1S/C13H21N3O/c1-3-4-11-5-6-16(8-11)13-14-7-12(9-17)10(2)15-13/h7,11,17H,3-6,8-9H2,1-2H3. The lowest BCUT2D eigenvalue weighted by Gasteiger charge is -2.17. The summed E-state index contributed by atoms with van der Waals surface area (Å²) in [5, 5.41) is 9.09. The zero-order valence-corrected chi connectivity index (χ0v) is 10.7. The van der Waals surface area contributed by atoms with Gasteiger partial charge < -0.3 is 10.0 Å². The number of hydrogen-bond acceptors (Lipinski definition) is 4. The summed E-state index contributed by atoms with van der Waals surface area (Å²) in [7, 11) is 0. The van der Waals surface area contributed by atoms with Crippen molar-refractivity contribution in [2.45, 2.75) is 39.7 Å². The summed E-state index contributed by atoms with van der Waals surface area (Å²) in [6.45, 7) is 6.31. The van der Waals surface area contributed by atoms with Gasteiger partial charge in [-0.15, -0.1) is 0 Å². The SMILES string of the molecule is CCCC1CCN(c2ncc(CO)c(C)n2)C1. The van der Waals surface area contributed by atoms with E-state index >= 15 is 0 Å². The molecule has 0 bridgehead atoms. The molecule has 1 aromatic rings. The van der Waals surface area contributed by atoms with Gasteiger partial charge in [0.05, 0.1) is 6.61 Å². The molecule has 94 valence electrons. The average Bonchev–Trinajstić information content (AvgIpc) is 2.78. The fourth-order valence-electron chi connectivity index (χ4n) is 2.45. The first kappa shape index (κ1) is 12.3. The van der Waals surface area contributed by atoms with Gasteiger partial charge in [-0.25, -0.2) is 9.97 Å². The molecular weight excluding hydrogens is 214 g/mol. The van der Waals surface area contributed by atoms with Gasteiger partial charge in [-0.3, -0.25) is 0 Å². The molecule has 1 aromatic heterocycles. The third-order valence-corrected chi connectivity index (χ3v) is 3.50. The highest BCUT2D eigenvalue weighted by Gasteiger charge is 2.23. The van der Waals surface area contributed by atoms with Crippen LogP contribution >= 0.6 is 0 Å². The lowest BCUT2D eigenvalue weighted by Crippen LogP contribution is -2.22. The number of anilines is 1. The van der Waals surface area contributed by atoms with Crippen molar-refractivity contribution in [3.63, 3.8) is 0 Å². The van der Waals surface area contributed by atoms with E-state index in [2.05, 4.69) is 21.8 Å². The van der Waals surface area contributed by atoms with E-state index < -0.39 is 0 Å². The van der Waals surface area contributed by atoms with Crippen LogP contribution in [-0.4, -0.2) is 28.2 Å². The lowest BCUT2D eigenvalue weighted by molar-refractivity contribution is 0.280. The van der Waals surface area contributed by atoms with E-state index in [1.54, 1.807) is 6.20 Å². The Morgan fingerprint density at radius 2 is 2.35 bits per heavy atom. The summed E-state index contributed by atoms with van der Waals surface area (Å²) < 4.78 is 0. The molecule has 0 spiro atoms. The van der Waals surface area contributed by atoms with Crippen LogP contribution in [0.4, 0.5) is 5.95 Å². The molecule has 1 aliphatic rings. The molecule has 0 saturated carbocycles. The Hall–Kier alpha value is -1.16. The fraction of sp³-hybridized carbons (Fsp3) is 0.692. The topological polar surface area (TPSA) is 49.2 Å². The Bertz CT molecular complexity index is 381. The average molecular weight is 235 g/mol. The van der Waals surface area contributed by atoms with Crippen LogP contribution in [0.1, 0.15) is 37.4 Å². The number of aliphatic hydroxyl groups is 1. The third kappa shape index (κ3) is 2.75. The predicted molar refractivity (Wildman–Crippen MR) is 67.9 cm³/mol. The van der Waals surface area contributed by atoms with Crippen LogP contribution in [0.2, 0.25) is 0 Å². The molecule has 2 rings (SSSR count). The minimum absolute atomic E-state index is 0.0184. The van der Waals surface area contributed by atoms with Crippen LogP contribution in [0.25, 0.3) is 0 Å². The number of aliphatic hydroxyl groups excluding tert-OH is 1. The maximum atomic E-state index is 9.09. The Morgan fingerprint density at radius 3 is 3.00 bits per heavy atom. The molecule has 1 N–H and O–H groups in total. The second-order valence-corrected chi connectivity index (χ2v) is 4.83. The van der Waals surface area contributed by atoms with Gasteiger partial charge in [-0.05, 0) is 25.7 Å². The van der Waals surface area contributed by atoms with Crippen molar-refractivity contribution < 1.29 is 5.11 Å². The number of aromatic nitrogens is 2. The zero-order chi connectivity index (χ0) is 12.3. The molecule has 4 nitrogen and oxygen atoms in total. The molecule has 1 unspecified atom stereocenters. The van der Waals surface area contributed by atoms with Gasteiger partial charge >= 0.3 is 0 Å². The molecular formula is C13H21N3O. The highest BCUT2D eigenvalue weighted by Crippen LogP contribution is 2.24. The van der Waals surface area contributed by atoms with Crippen LogP contribution < -0.4 is 4.90 Å². The first-order valence-corrected chi connectivity index (χ1v) is 6.43. The predicted octanol–water partition coefficient (Wildman–Crippen LogP) is 1.90. The summed E-state index contributed by atoms with van der Waals surface area (Å²) in [5.74, 6) is 1.61. The normalized spacial score (nSPS) is 19.9. The maximum absolute atomic E-state index is 9.09. The Labute approximate surface area is 103 Å². The molecule has 1 fully saturated rings. The first-order valence-electron chi connectivity index (χ1n) is 6.43. The van der Waals surface area contributed by atoms with Crippen LogP contribution in [0.5, 0.6) is 0 Å². The van der Waals surface area contributed by atoms with Crippen LogP contribution in [-0.2, 0) is 6.61 Å². The van der Waals surface area contributed by atoms with E-state index in [-0.39, 0.29) is 6.61 Å². The van der Waals surface area contributed by atoms with Gasteiger partial charge in [0.2, 0.25) is 5.95 Å². The maximum Gasteiger partial charge on any atom is 0.225 e. The largest absolute Gasteiger partial charge is 0.392 e. The van der Waals surface area contributed by atoms with Crippen molar-refractivity contribution >= 4 is 5.95 Å². The Kier molecular flexibility index (Phi) is 3.94. The van der Waals surface area contributed by atoms with Gasteiger partial charge in [0, 0.05) is 30.5 Å². The summed E-state index contributed by atoms with van der Waals surface area (Å²) in [4.78, 5) is 11.1. The summed E-state index contributed by atoms with van der Waals surface area (Å²) >= 11 is 0. The minimum Gasteiger partial charge on any atom is -0.392 e. The van der Waals surface area contributed by atoms with Gasteiger partial charge in [-0.1, -0.05) is 13.3 Å². The molecule has 1 saturated heterocycles. The molecule has 1 aliphatic heterocycles. The van der Waals surface area contributed by atoms with Crippen molar-refractivity contribution in [3.05, 3.63) is 17.5 Å². The van der Waals surface area contributed by atoms with Crippen molar-refractivity contribution in [1.82, 2.24) is 9.97 Å². The zero-order valence-electron chi connectivity index (χ0n) is 10.7. The highest BCUT2D eigenvalue weighted by atomic mass is 16.3. The molecule has 2 heterocycles. The fourth-order valence-corrected chi connectivity index (χ4v) is 2.45. The van der Waals surface area contributed by atoms with Crippen molar-refractivity contribution in [2.75, 3.05) is 18.0 Å². The molecule has 17 heavy (non-hydrogen) atoms. The molecule has 0 radical (unpaired) electrons. The van der Waals surface area contributed by atoms with E-state index in [9.17, 15) is 0 Å². The van der Waals surface area contributed by atoms with E-state index in [0.717, 1.165) is 36.2 Å². The van der Waals surface area contributed by atoms with E-state index in [1.807, 2.05) is 6.92 Å².